The third-order valence-corrected chi connectivity index (χ3v) is 2.64. The molecule has 0 saturated heterocycles. The van der Waals surface area contributed by atoms with Gasteiger partial charge in [-0.2, -0.15) is 0 Å². The van der Waals surface area contributed by atoms with Crippen LogP contribution in [0.3, 0.4) is 0 Å². The number of benzene rings is 1. The van der Waals surface area contributed by atoms with E-state index >= 15 is 0 Å². The fourth-order valence-corrected chi connectivity index (χ4v) is 2.07. The minimum atomic E-state index is -1.57. The summed E-state index contributed by atoms with van der Waals surface area (Å²) in [5.41, 5.74) is 0.560. The van der Waals surface area contributed by atoms with Crippen molar-refractivity contribution in [1.29, 1.82) is 0 Å². The van der Waals surface area contributed by atoms with Crippen molar-refractivity contribution >= 4 is 14.3 Å². The van der Waals surface area contributed by atoms with Gasteiger partial charge in [0, 0.05) is 0 Å². The Morgan fingerprint density at radius 2 is 1.75 bits per heavy atom. The Kier molecular flexibility index (Phi) is 4.12. The normalized spacial score (nSPS) is 11.0. The van der Waals surface area contributed by atoms with Gasteiger partial charge >= 0.3 is 5.97 Å². The molecule has 0 aromatic heterocycles. The van der Waals surface area contributed by atoms with Crippen molar-refractivity contribution in [2.24, 2.45) is 0 Å². The van der Waals surface area contributed by atoms with E-state index in [4.69, 9.17) is 9.16 Å². The van der Waals surface area contributed by atoms with Crippen LogP contribution in [0.1, 0.15) is 17.3 Å². The molecule has 0 aliphatic rings. The Balaban J connectivity index is 2.72. The minimum absolute atomic E-state index is 0.290. The van der Waals surface area contributed by atoms with Gasteiger partial charge in [0.1, 0.15) is 5.75 Å². The molecule has 0 fully saturated rings. The van der Waals surface area contributed by atoms with E-state index in [1.165, 1.54) is 0 Å². The average Bonchev–Trinajstić information content (AvgIpc) is 2.16. The van der Waals surface area contributed by atoms with E-state index in [2.05, 4.69) is 19.6 Å². The summed E-state index contributed by atoms with van der Waals surface area (Å²) in [6.45, 7) is 8.54. The number of carbonyl (C=O) groups excluding carboxylic acids is 1. The van der Waals surface area contributed by atoms with Gasteiger partial charge in [-0.3, -0.25) is 0 Å². The second kappa shape index (κ2) is 5.16. The molecule has 0 amide bonds. The lowest BCUT2D eigenvalue weighted by Gasteiger charge is -2.19. The molecule has 0 spiro atoms. The van der Waals surface area contributed by atoms with Crippen LogP contribution in [-0.2, 0) is 4.74 Å². The molecule has 0 aliphatic heterocycles. The zero-order chi connectivity index (χ0) is 12.2. The van der Waals surface area contributed by atoms with Crippen LogP contribution in [0.2, 0.25) is 19.6 Å². The summed E-state index contributed by atoms with van der Waals surface area (Å²) in [6.07, 6.45) is 0. The summed E-state index contributed by atoms with van der Waals surface area (Å²) in [4.78, 5) is 11.4. The van der Waals surface area contributed by atoms with Gasteiger partial charge in [-0.15, -0.1) is 0 Å². The van der Waals surface area contributed by atoms with Gasteiger partial charge in [0.05, 0.1) is 12.2 Å². The van der Waals surface area contributed by atoms with Crippen LogP contribution in [0.25, 0.3) is 0 Å². The Bertz CT molecular complexity index is 352. The van der Waals surface area contributed by atoms with Gasteiger partial charge in [0.25, 0.3) is 0 Å². The first-order valence-corrected chi connectivity index (χ1v) is 8.79. The van der Waals surface area contributed by atoms with E-state index in [0.29, 0.717) is 12.2 Å². The molecule has 88 valence electrons. The van der Waals surface area contributed by atoms with Crippen molar-refractivity contribution in [3.63, 3.8) is 0 Å². The SMILES string of the molecule is CCOC(=O)c1ccc(O[Si](C)(C)C)cc1. The van der Waals surface area contributed by atoms with E-state index in [-0.39, 0.29) is 5.97 Å². The van der Waals surface area contributed by atoms with Crippen LogP contribution in [0.15, 0.2) is 24.3 Å². The first kappa shape index (κ1) is 12.8. The predicted molar refractivity (Wildman–Crippen MR) is 66.4 cm³/mol. The van der Waals surface area contributed by atoms with Crippen LogP contribution in [-0.4, -0.2) is 20.9 Å². The van der Waals surface area contributed by atoms with Crippen LogP contribution in [0.5, 0.6) is 5.75 Å². The molecule has 0 atom stereocenters. The lowest BCUT2D eigenvalue weighted by atomic mass is 10.2. The zero-order valence-electron chi connectivity index (χ0n) is 10.2. The van der Waals surface area contributed by atoms with Gasteiger partial charge in [0.15, 0.2) is 0 Å². The quantitative estimate of drug-likeness (QED) is 0.597. The lowest BCUT2D eigenvalue weighted by molar-refractivity contribution is 0.0526. The number of hydrogen-bond donors (Lipinski definition) is 0. The first-order chi connectivity index (χ1) is 7.42. The molecule has 3 nitrogen and oxygen atoms in total. The molecule has 0 N–H and O–H groups in total. The van der Waals surface area contributed by atoms with Crippen LogP contribution < -0.4 is 4.43 Å². The number of esters is 1. The zero-order valence-corrected chi connectivity index (χ0v) is 11.2. The maximum Gasteiger partial charge on any atom is 0.338 e. The lowest BCUT2D eigenvalue weighted by Crippen LogP contribution is -2.29. The van der Waals surface area contributed by atoms with Gasteiger partial charge in [-0.05, 0) is 50.8 Å². The van der Waals surface area contributed by atoms with Gasteiger partial charge < -0.3 is 9.16 Å². The highest BCUT2D eigenvalue weighted by atomic mass is 28.4. The highest BCUT2D eigenvalue weighted by molar-refractivity contribution is 6.70. The van der Waals surface area contributed by atoms with E-state index < -0.39 is 8.32 Å². The molecule has 0 unspecified atom stereocenters. The molecule has 1 rings (SSSR count). The van der Waals surface area contributed by atoms with E-state index in [1.54, 1.807) is 19.1 Å². The van der Waals surface area contributed by atoms with Crippen molar-refractivity contribution in [2.75, 3.05) is 6.61 Å². The molecule has 1 aromatic carbocycles. The van der Waals surface area contributed by atoms with Crippen molar-refractivity contribution in [1.82, 2.24) is 0 Å². The molecule has 1 aromatic rings. The third kappa shape index (κ3) is 4.06. The number of ether oxygens (including phenoxy) is 1. The fraction of sp³-hybridized carbons (Fsp3) is 0.417. The average molecular weight is 238 g/mol. The van der Waals surface area contributed by atoms with Crippen molar-refractivity contribution < 1.29 is 14.0 Å². The largest absolute Gasteiger partial charge is 0.544 e. The van der Waals surface area contributed by atoms with Crippen molar-refractivity contribution in [3.05, 3.63) is 29.8 Å². The smallest absolute Gasteiger partial charge is 0.338 e. The fourth-order valence-electron chi connectivity index (χ4n) is 1.23. The summed E-state index contributed by atoms with van der Waals surface area (Å²) < 4.78 is 10.7. The second-order valence-electron chi connectivity index (χ2n) is 4.46. The van der Waals surface area contributed by atoms with Crippen molar-refractivity contribution in [3.8, 4) is 5.75 Å². The summed E-state index contributed by atoms with van der Waals surface area (Å²) >= 11 is 0. The molecule has 0 saturated carbocycles. The summed E-state index contributed by atoms with van der Waals surface area (Å²) in [5.74, 6) is 0.522. The monoisotopic (exact) mass is 238 g/mol. The standard InChI is InChI=1S/C12H18O3Si/c1-5-14-12(13)10-6-8-11(9-7-10)15-16(2,3)4/h6-9H,5H2,1-4H3. The van der Waals surface area contributed by atoms with Crippen LogP contribution in [0, 0.1) is 0 Å². The first-order valence-electron chi connectivity index (χ1n) is 5.38. The summed E-state index contributed by atoms with van der Waals surface area (Å²) in [5, 5.41) is 0. The Labute approximate surface area is 97.5 Å². The Hall–Kier alpha value is -1.29. The predicted octanol–water partition coefficient (Wildman–Crippen LogP) is 3.08. The molecule has 0 aliphatic carbocycles. The topological polar surface area (TPSA) is 35.5 Å². The minimum Gasteiger partial charge on any atom is -0.544 e. The van der Waals surface area contributed by atoms with Gasteiger partial charge in [0.2, 0.25) is 8.32 Å². The summed E-state index contributed by atoms with van der Waals surface area (Å²) in [6, 6.07) is 7.08. The van der Waals surface area contributed by atoms with Gasteiger partial charge in [-0.1, -0.05) is 0 Å². The molecule has 4 heteroatoms. The molecule has 0 heterocycles. The molecular weight excluding hydrogens is 220 g/mol. The molecule has 0 radical (unpaired) electrons. The Morgan fingerprint density at radius 3 is 2.19 bits per heavy atom. The molecule has 0 bridgehead atoms. The maximum absolute atomic E-state index is 11.4. The Morgan fingerprint density at radius 1 is 1.19 bits per heavy atom. The third-order valence-electron chi connectivity index (χ3n) is 1.79. The second-order valence-corrected chi connectivity index (χ2v) is 8.89. The van der Waals surface area contributed by atoms with E-state index in [1.807, 2.05) is 12.1 Å². The van der Waals surface area contributed by atoms with Gasteiger partial charge in [-0.25, -0.2) is 4.79 Å². The van der Waals surface area contributed by atoms with Crippen LogP contribution in [0.4, 0.5) is 0 Å². The molecular formula is C12H18O3Si. The summed E-state index contributed by atoms with van der Waals surface area (Å²) in [7, 11) is -1.57. The van der Waals surface area contributed by atoms with E-state index in [0.717, 1.165) is 5.75 Å². The number of hydrogen-bond acceptors (Lipinski definition) is 3. The molecule has 16 heavy (non-hydrogen) atoms. The van der Waals surface area contributed by atoms with E-state index in [9.17, 15) is 4.79 Å². The number of rotatable bonds is 4. The van der Waals surface area contributed by atoms with Crippen molar-refractivity contribution in [2.45, 2.75) is 26.6 Å². The van der Waals surface area contributed by atoms with Crippen LogP contribution >= 0.6 is 0 Å². The highest BCUT2D eigenvalue weighted by Crippen LogP contribution is 2.17. The number of carbonyl (C=O) groups is 1. The maximum atomic E-state index is 11.4. The highest BCUT2D eigenvalue weighted by Gasteiger charge is 2.16.